The number of halogens is 2. The van der Waals surface area contributed by atoms with Crippen molar-refractivity contribution in [3.63, 3.8) is 0 Å². The molecule has 5 nitrogen and oxygen atoms in total. The van der Waals surface area contributed by atoms with E-state index in [4.69, 9.17) is 17.0 Å². The summed E-state index contributed by atoms with van der Waals surface area (Å²) in [5.41, 5.74) is 0.165. The third kappa shape index (κ3) is 2.91. The Morgan fingerprint density at radius 3 is 3.05 bits per heavy atom. The van der Waals surface area contributed by atoms with Crippen molar-refractivity contribution >= 4 is 18.4 Å². The quantitative estimate of drug-likeness (QED) is 0.700. The van der Waals surface area contributed by atoms with Crippen molar-refractivity contribution in [2.24, 2.45) is 5.10 Å². The fraction of sp³-hybridized carbons (Fsp3) is 0.308. The Balaban J connectivity index is 1.92. The summed E-state index contributed by atoms with van der Waals surface area (Å²) < 4.78 is 33.6. The molecule has 1 saturated heterocycles. The molecule has 0 unspecified atom stereocenters. The van der Waals surface area contributed by atoms with Gasteiger partial charge in [0.1, 0.15) is 17.7 Å². The minimum atomic E-state index is -0.688. The summed E-state index contributed by atoms with van der Waals surface area (Å²) in [7, 11) is 0. The number of nitrogens with zero attached hydrogens (tertiary/aromatic N) is 3. The summed E-state index contributed by atoms with van der Waals surface area (Å²) in [4.78, 5) is 0. The van der Waals surface area contributed by atoms with E-state index in [1.54, 1.807) is 0 Å². The van der Waals surface area contributed by atoms with Crippen molar-refractivity contribution in [3.8, 4) is 0 Å². The lowest BCUT2D eigenvalue weighted by atomic mass is 10.2. The SMILES string of the molecule is Fc1ccc(/C=N\n2c([C@H]3CCCO3)n[nH]c2=S)c(F)c1. The van der Waals surface area contributed by atoms with Gasteiger partial charge >= 0.3 is 0 Å². The fourth-order valence-corrected chi connectivity index (χ4v) is 2.32. The van der Waals surface area contributed by atoms with Gasteiger partial charge in [0.25, 0.3) is 0 Å². The first kappa shape index (κ1) is 14.0. The molecule has 0 radical (unpaired) electrons. The molecule has 0 amide bonds. The van der Waals surface area contributed by atoms with Crippen LogP contribution in [0.2, 0.25) is 0 Å². The van der Waals surface area contributed by atoms with Gasteiger partial charge in [0.05, 0.1) is 6.21 Å². The van der Waals surface area contributed by atoms with Crippen molar-refractivity contribution < 1.29 is 13.5 Å². The number of hydrogen-bond acceptors (Lipinski definition) is 4. The van der Waals surface area contributed by atoms with Crippen LogP contribution in [-0.2, 0) is 4.74 Å². The van der Waals surface area contributed by atoms with Crippen molar-refractivity contribution in [2.75, 3.05) is 6.61 Å². The van der Waals surface area contributed by atoms with Crippen LogP contribution in [0.15, 0.2) is 23.3 Å². The molecule has 2 aromatic rings. The number of rotatable bonds is 3. The van der Waals surface area contributed by atoms with Crippen LogP contribution in [0.5, 0.6) is 0 Å². The highest BCUT2D eigenvalue weighted by Gasteiger charge is 2.23. The average Bonchev–Trinajstić information content (AvgIpc) is 3.08. The van der Waals surface area contributed by atoms with Gasteiger partial charge in [-0.2, -0.15) is 14.9 Å². The number of hydrogen-bond donors (Lipinski definition) is 1. The lowest BCUT2D eigenvalue weighted by Gasteiger charge is -2.07. The Kier molecular flexibility index (Phi) is 3.89. The van der Waals surface area contributed by atoms with Gasteiger partial charge in [-0.05, 0) is 37.2 Å². The number of aromatic nitrogens is 3. The molecular weight excluding hydrogens is 298 g/mol. The van der Waals surface area contributed by atoms with E-state index in [1.165, 1.54) is 23.0 Å². The number of ether oxygens (including phenoxy) is 1. The van der Waals surface area contributed by atoms with Crippen LogP contribution in [0.4, 0.5) is 8.78 Å². The largest absolute Gasteiger partial charge is 0.370 e. The van der Waals surface area contributed by atoms with E-state index in [9.17, 15) is 8.78 Å². The van der Waals surface area contributed by atoms with Gasteiger partial charge in [-0.3, -0.25) is 5.10 Å². The van der Waals surface area contributed by atoms with Crippen LogP contribution in [0, 0.1) is 16.4 Å². The zero-order valence-electron chi connectivity index (χ0n) is 10.9. The van der Waals surface area contributed by atoms with Gasteiger partial charge in [0, 0.05) is 18.2 Å². The molecule has 1 aliphatic heterocycles. The first-order chi connectivity index (χ1) is 10.1. The molecule has 1 atom stereocenters. The Morgan fingerprint density at radius 1 is 1.48 bits per heavy atom. The van der Waals surface area contributed by atoms with Crippen molar-refractivity contribution in [3.05, 3.63) is 46.0 Å². The van der Waals surface area contributed by atoms with Gasteiger partial charge < -0.3 is 4.74 Å². The second kappa shape index (κ2) is 5.82. The molecule has 1 aromatic heterocycles. The van der Waals surface area contributed by atoms with E-state index in [-0.39, 0.29) is 11.7 Å². The highest BCUT2D eigenvalue weighted by Crippen LogP contribution is 2.26. The molecule has 2 heterocycles. The Labute approximate surface area is 124 Å². The highest BCUT2D eigenvalue weighted by molar-refractivity contribution is 7.71. The van der Waals surface area contributed by atoms with Crippen LogP contribution in [0.3, 0.4) is 0 Å². The molecule has 1 aliphatic rings. The second-order valence-corrected chi connectivity index (χ2v) is 5.00. The first-order valence-corrected chi connectivity index (χ1v) is 6.84. The van der Waals surface area contributed by atoms with Gasteiger partial charge in [-0.25, -0.2) is 8.78 Å². The molecule has 0 saturated carbocycles. The zero-order chi connectivity index (χ0) is 14.8. The van der Waals surface area contributed by atoms with Crippen LogP contribution in [0.1, 0.15) is 30.3 Å². The smallest absolute Gasteiger partial charge is 0.216 e. The molecule has 8 heteroatoms. The Morgan fingerprint density at radius 2 is 2.33 bits per heavy atom. The monoisotopic (exact) mass is 310 g/mol. The molecule has 0 aliphatic carbocycles. The number of nitrogens with one attached hydrogen (secondary N) is 1. The van der Waals surface area contributed by atoms with E-state index in [0.29, 0.717) is 17.2 Å². The number of H-pyrrole nitrogens is 1. The summed E-state index contributed by atoms with van der Waals surface area (Å²) in [6.07, 6.45) is 2.88. The molecular formula is C13H12F2N4OS. The van der Waals surface area contributed by atoms with E-state index in [0.717, 1.165) is 18.9 Å². The van der Waals surface area contributed by atoms with E-state index in [1.807, 2.05) is 0 Å². The first-order valence-electron chi connectivity index (χ1n) is 6.43. The average molecular weight is 310 g/mol. The molecule has 1 fully saturated rings. The normalized spacial score (nSPS) is 18.7. The molecule has 1 N–H and O–H groups in total. The van der Waals surface area contributed by atoms with E-state index >= 15 is 0 Å². The van der Waals surface area contributed by atoms with Crippen LogP contribution in [-0.4, -0.2) is 27.7 Å². The minimum Gasteiger partial charge on any atom is -0.370 e. The maximum Gasteiger partial charge on any atom is 0.216 e. The third-order valence-corrected chi connectivity index (χ3v) is 3.43. The van der Waals surface area contributed by atoms with Crippen molar-refractivity contribution in [1.29, 1.82) is 0 Å². The summed E-state index contributed by atoms with van der Waals surface area (Å²) >= 11 is 5.10. The number of aromatic amines is 1. The standard InChI is InChI=1S/C13H12F2N4OS/c14-9-4-3-8(10(15)6-9)7-16-19-12(17-18-13(19)21)11-2-1-5-20-11/h3-4,6-7,11H,1-2,5H2,(H,18,21)/b16-7-/t11-/m1/s1. The van der Waals surface area contributed by atoms with Crippen LogP contribution in [0.25, 0.3) is 0 Å². The van der Waals surface area contributed by atoms with Gasteiger partial charge in [0.2, 0.25) is 4.77 Å². The van der Waals surface area contributed by atoms with Gasteiger partial charge in [0.15, 0.2) is 5.82 Å². The molecule has 21 heavy (non-hydrogen) atoms. The second-order valence-electron chi connectivity index (χ2n) is 4.61. The summed E-state index contributed by atoms with van der Waals surface area (Å²) in [6.45, 7) is 0.667. The minimum absolute atomic E-state index is 0.165. The maximum absolute atomic E-state index is 13.6. The van der Waals surface area contributed by atoms with Crippen molar-refractivity contribution in [2.45, 2.75) is 18.9 Å². The molecule has 1 aromatic carbocycles. The predicted molar refractivity (Wildman–Crippen MR) is 74.7 cm³/mol. The molecule has 0 spiro atoms. The summed E-state index contributed by atoms with van der Waals surface area (Å²) in [5.74, 6) is -0.770. The molecule has 110 valence electrons. The lowest BCUT2D eigenvalue weighted by molar-refractivity contribution is 0.102. The summed E-state index contributed by atoms with van der Waals surface area (Å²) in [6, 6.07) is 3.28. The lowest BCUT2D eigenvalue weighted by Crippen LogP contribution is -2.05. The fourth-order valence-electron chi connectivity index (χ4n) is 2.13. The maximum atomic E-state index is 13.6. The van der Waals surface area contributed by atoms with E-state index in [2.05, 4.69) is 15.3 Å². The molecule has 3 rings (SSSR count). The predicted octanol–water partition coefficient (Wildman–Crippen LogP) is 2.95. The van der Waals surface area contributed by atoms with Gasteiger partial charge in [-0.1, -0.05) is 0 Å². The topological polar surface area (TPSA) is 55.2 Å². The molecule has 0 bridgehead atoms. The Bertz CT molecular complexity index is 734. The van der Waals surface area contributed by atoms with Gasteiger partial charge in [-0.15, -0.1) is 0 Å². The van der Waals surface area contributed by atoms with Crippen LogP contribution >= 0.6 is 12.2 Å². The summed E-state index contributed by atoms with van der Waals surface area (Å²) in [5, 5.41) is 10.9. The number of benzene rings is 1. The van der Waals surface area contributed by atoms with Crippen molar-refractivity contribution in [1.82, 2.24) is 14.9 Å². The third-order valence-electron chi connectivity index (χ3n) is 3.17. The zero-order valence-corrected chi connectivity index (χ0v) is 11.7. The van der Waals surface area contributed by atoms with Crippen LogP contribution < -0.4 is 0 Å². The Hall–Kier alpha value is -1.93. The van der Waals surface area contributed by atoms with E-state index < -0.39 is 11.6 Å². The highest BCUT2D eigenvalue weighted by atomic mass is 32.1.